The summed E-state index contributed by atoms with van der Waals surface area (Å²) in [4.78, 5) is 25.5. The molecule has 24 heavy (non-hydrogen) atoms. The summed E-state index contributed by atoms with van der Waals surface area (Å²) in [7, 11) is 0. The summed E-state index contributed by atoms with van der Waals surface area (Å²) in [5, 5.41) is 14.7. The summed E-state index contributed by atoms with van der Waals surface area (Å²) in [6, 6.07) is 14.3. The van der Waals surface area contributed by atoms with Gasteiger partial charge in [0, 0.05) is 42.2 Å². The minimum atomic E-state index is -0.442. The lowest BCUT2D eigenvalue weighted by Gasteiger charge is -2.05. The van der Waals surface area contributed by atoms with Gasteiger partial charge >= 0.3 is 0 Å². The number of H-pyrrole nitrogens is 1. The van der Waals surface area contributed by atoms with Crippen LogP contribution in [0.3, 0.4) is 0 Å². The number of nitrogens with one attached hydrogen (secondary N) is 2. The van der Waals surface area contributed by atoms with Gasteiger partial charge in [-0.25, -0.2) is 0 Å². The van der Waals surface area contributed by atoms with E-state index in [0.29, 0.717) is 18.4 Å². The average molecular weight is 323 g/mol. The SMILES string of the molecule is O=C(CCc1c[nH]c2ccccc12)NCc1cccc([N+](=O)[O-])c1. The van der Waals surface area contributed by atoms with E-state index in [4.69, 9.17) is 0 Å². The van der Waals surface area contributed by atoms with Gasteiger partial charge in [0.1, 0.15) is 0 Å². The van der Waals surface area contributed by atoms with Crippen LogP contribution in [0, 0.1) is 10.1 Å². The summed E-state index contributed by atoms with van der Waals surface area (Å²) < 4.78 is 0. The van der Waals surface area contributed by atoms with E-state index in [9.17, 15) is 14.9 Å². The lowest BCUT2D eigenvalue weighted by Crippen LogP contribution is -2.23. The van der Waals surface area contributed by atoms with Crippen LogP contribution in [0.2, 0.25) is 0 Å². The van der Waals surface area contributed by atoms with Gasteiger partial charge in [-0.2, -0.15) is 0 Å². The normalized spacial score (nSPS) is 10.7. The Labute approximate surface area is 138 Å². The lowest BCUT2D eigenvalue weighted by molar-refractivity contribution is -0.384. The second-order valence-corrected chi connectivity index (χ2v) is 5.56. The Balaban J connectivity index is 1.54. The number of para-hydroxylation sites is 1. The van der Waals surface area contributed by atoms with Crippen LogP contribution >= 0.6 is 0 Å². The quantitative estimate of drug-likeness (QED) is 0.539. The van der Waals surface area contributed by atoms with E-state index in [1.807, 2.05) is 30.5 Å². The van der Waals surface area contributed by atoms with E-state index in [1.54, 1.807) is 12.1 Å². The fourth-order valence-electron chi connectivity index (χ4n) is 2.66. The molecule has 122 valence electrons. The Bertz CT molecular complexity index is 886. The van der Waals surface area contributed by atoms with Gasteiger partial charge in [-0.15, -0.1) is 0 Å². The van der Waals surface area contributed by atoms with Crippen LogP contribution < -0.4 is 5.32 Å². The van der Waals surface area contributed by atoms with Crippen molar-refractivity contribution in [3.63, 3.8) is 0 Å². The molecule has 1 heterocycles. The molecule has 0 aliphatic carbocycles. The zero-order valence-corrected chi connectivity index (χ0v) is 13.0. The van der Waals surface area contributed by atoms with Crippen molar-refractivity contribution in [2.75, 3.05) is 0 Å². The molecule has 0 aliphatic heterocycles. The number of aromatic nitrogens is 1. The zero-order chi connectivity index (χ0) is 16.9. The van der Waals surface area contributed by atoms with Gasteiger partial charge in [-0.3, -0.25) is 14.9 Å². The first kappa shape index (κ1) is 15.7. The van der Waals surface area contributed by atoms with Crippen LogP contribution in [0.15, 0.2) is 54.7 Å². The van der Waals surface area contributed by atoms with Crippen LogP contribution in [-0.2, 0) is 17.8 Å². The summed E-state index contributed by atoms with van der Waals surface area (Å²) in [5.41, 5.74) is 2.91. The fourth-order valence-corrected chi connectivity index (χ4v) is 2.66. The number of nitrogens with zero attached hydrogens (tertiary/aromatic N) is 1. The second kappa shape index (κ2) is 6.95. The van der Waals surface area contributed by atoms with E-state index in [1.165, 1.54) is 12.1 Å². The Kier molecular flexibility index (Phi) is 4.56. The monoisotopic (exact) mass is 323 g/mol. The number of aryl methyl sites for hydroxylation is 1. The van der Waals surface area contributed by atoms with Crippen LogP contribution in [0.5, 0.6) is 0 Å². The van der Waals surface area contributed by atoms with Gasteiger partial charge < -0.3 is 10.3 Å². The van der Waals surface area contributed by atoms with Crippen LogP contribution in [0.25, 0.3) is 10.9 Å². The molecule has 0 unspecified atom stereocenters. The zero-order valence-electron chi connectivity index (χ0n) is 13.0. The Morgan fingerprint density at radius 1 is 1.17 bits per heavy atom. The number of aromatic amines is 1. The van der Waals surface area contributed by atoms with E-state index < -0.39 is 4.92 Å². The third kappa shape index (κ3) is 3.60. The largest absolute Gasteiger partial charge is 0.361 e. The van der Waals surface area contributed by atoms with Gasteiger partial charge in [-0.05, 0) is 23.6 Å². The number of nitro benzene ring substituents is 1. The first-order chi connectivity index (χ1) is 11.6. The van der Waals surface area contributed by atoms with Crippen molar-refractivity contribution >= 4 is 22.5 Å². The molecule has 1 aromatic heterocycles. The molecule has 0 saturated carbocycles. The third-order valence-electron chi connectivity index (χ3n) is 3.91. The minimum absolute atomic E-state index is 0.0283. The molecule has 6 nitrogen and oxygen atoms in total. The smallest absolute Gasteiger partial charge is 0.269 e. The molecule has 6 heteroatoms. The third-order valence-corrected chi connectivity index (χ3v) is 3.91. The number of hydrogen-bond donors (Lipinski definition) is 2. The van der Waals surface area contributed by atoms with Crippen LogP contribution in [-0.4, -0.2) is 15.8 Å². The molecule has 0 atom stereocenters. The average Bonchev–Trinajstić information content (AvgIpc) is 3.01. The maximum Gasteiger partial charge on any atom is 0.269 e. The number of benzene rings is 2. The maximum absolute atomic E-state index is 12.0. The minimum Gasteiger partial charge on any atom is -0.361 e. The van der Waals surface area contributed by atoms with Crippen LogP contribution in [0.1, 0.15) is 17.5 Å². The highest BCUT2D eigenvalue weighted by Gasteiger charge is 2.08. The van der Waals surface area contributed by atoms with Crippen molar-refractivity contribution in [2.24, 2.45) is 0 Å². The molecular formula is C18H17N3O3. The summed E-state index contributed by atoms with van der Waals surface area (Å²) in [5.74, 6) is -0.0770. The Hall–Kier alpha value is -3.15. The Morgan fingerprint density at radius 3 is 2.83 bits per heavy atom. The van der Waals surface area contributed by atoms with Gasteiger partial charge in [0.05, 0.1) is 4.92 Å². The maximum atomic E-state index is 12.0. The lowest BCUT2D eigenvalue weighted by atomic mass is 10.1. The topological polar surface area (TPSA) is 88.0 Å². The second-order valence-electron chi connectivity index (χ2n) is 5.56. The fraction of sp³-hybridized carbons (Fsp3) is 0.167. The van der Waals surface area contributed by atoms with Crippen molar-refractivity contribution in [3.8, 4) is 0 Å². The van der Waals surface area contributed by atoms with Crippen molar-refractivity contribution in [2.45, 2.75) is 19.4 Å². The summed E-state index contributed by atoms with van der Waals surface area (Å²) in [6.07, 6.45) is 2.94. The van der Waals surface area contributed by atoms with Crippen molar-refractivity contribution in [3.05, 3.63) is 76.0 Å². The molecule has 0 saturated heterocycles. The number of hydrogen-bond acceptors (Lipinski definition) is 3. The molecule has 2 aromatic carbocycles. The first-order valence-corrected chi connectivity index (χ1v) is 7.68. The number of carbonyl (C=O) groups excluding carboxylic acids is 1. The first-order valence-electron chi connectivity index (χ1n) is 7.68. The number of nitro groups is 1. The molecule has 0 spiro atoms. The molecular weight excluding hydrogens is 306 g/mol. The summed E-state index contributed by atoms with van der Waals surface area (Å²) >= 11 is 0. The van der Waals surface area contributed by atoms with Gasteiger partial charge in [0.15, 0.2) is 0 Å². The standard InChI is InChI=1S/C18H17N3O3/c22-18(20-11-13-4-3-5-15(10-13)21(23)24)9-8-14-12-19-17-7-2-1-6-16(14)17/h1-7,10,12,19H,8-9,11H2,(H,20,22). The number of rotatable bonds is 6. The number of amides is 1. The predicted octanol–water partition coefficient (Wildman–Crippen LogP) is 3.33. The molecule has 2 N–H and O–H groups in total. The van der Waals surface area contributed by atoms with E-state index >= 15 is 0 Å². The van der Waals surface area contributed by atoms with E-state index in [2.05, 4.69) is 10.3 Å². The molecule has 3 rings (SSSR count). The molecule has 0 aliphatic rings. The highest BCUT2D eigenvalue weighted by atomic mass is 16.6. The van der Waals surface area contributed by atoms with Crippen molar-refractivity contribution in [1.29, 1.82) is 0 Å². The van der Waals surface area contributed by atoms with Crippen molar-refractivity contribution in [1.82, 2.24) is 10.3 Å². The number of non-ortho nitro benzene ring substituents is 1. The van der Waals surface area contributed by atoms with E-state index in [0.717, 1.165) is 16.5 Å². The predicted molar refractivity (Wildman–Crippen MR) is 91.6 cm³/mol. The Morgan fingerprint density at radius 2 is 2.00 bits per heavy atom. The number of fused-ring (bicyclic) bond motifs is 1. The molecule has 0 radical (unpaired) electrons. The summed E-state index contributed by atoms with van der Waals surface area (Å²) in [6.45, 7) is 0.286. The highest BCUT2D eigenvalue weighted by Crippen LogP contribution is 2.19. The van der Waals surface area contributed by atoms with Gasteiger partial charge in [0.25, 0.3) is 5.69 Å². The van der Waals surface area contributed by atoms with Crippen molar-refractivity contribution < 1.29 is 9.72 Å². The molecule has 3 aromatic rings. The molecule has 0 fully saturated rings. The van der Waals surface area contributed by atoms with Crippen LogP contribution in [0.4, 0.5) is 5.69 Å². The number of carbonyl (C=O) groups is 1. The van der Waals surface area contributed by atoms with Gasteiger partial charge in [-0.1, -0.05) is 30.3 Å². The van der Waals surface area contributed by atoms with E-state index in [-0.39, 0.29) is 18.1 Å². The van der Waals surface area contributed by atoms with Gasteiger partial charge in [0.2, 0.25) is 5.91 Å². The molecule has 0 bridgehead atoms. The highest BCUT2D eigenvalue weighted by molar-refractivity contribution is 5.84. The molecule has 1 amide bonds.